The Hall–Kier alpha value is -1.79. The Morgan fingerprint density at radius 3 is 1.01 bits per heavy atom. The zero-order valence-electron chi connectivity index (χ0n) is 62.9. The predicted molar refractivity (Wildman–Crippen MR) is 401 cm³/mol. The van der Waals surface area contributed by atoms with Crippen LogP contribution < -0.4 is 5.32 Å². The molecular formula is C83H157NO13. The molecule has 2 fully saturated rings. The van der Waals surface area contributed by atoms with Gasteiger partial charge in [0.05, 0.1) is 32.0 Å². The normalized spacial score (nSPS) is 22.2. The molecule has 0 bridgehead atoms. The Labute approximate surface area is 595 Å². The second kappa shape index (κ2) is 67.4. The molecule has 2 aliphatic rings. The molecule has 0 saturated carbocycles. The molecule has 2 rings (SSSR count). The molecule has 2 aliphatic heterocycles. The van der Waals surface area contributed by atoms with Gasteiger partial charge in [0.2, 0.25) is 5.91 Å². The van der Waals surface area contributed by atoms with Crippen LogP contribution in [-0.4, -0.2) is 140 Å². The second-order valence-electron chi connectivity index (χ2n) is 29.6. The van der Waals surface area contributed by atoms with Crippen LogP contribution in [0.5, 0.6) is 0 Å². The molecule has 572 valence electrons. The van der Waals surface area contributed by atoms with Crippen LogP contribution in [0.25, 0.3) is 0 Å². The van der Waals surface area contributed by atoms with E-state index in [1.165, 1.54) is 315 Å². The van der Waals surface area contributed by atoms with Crippen molar-refractivity contribution in [3.63, 3.8) is 0 Å². The summed E-state index contributed by atoms with van der Waals surface area (Å²) in [6.07, 6.45) is 72.7. The van der Waals surface area contributed by atoms with E-state index in [2.05, 4.69) is 43.5 Å². The lowest BCUT2D eigenvalue weighted by atomic mass is 9.97. The van der Waals surface area contributed by atoms with E-state index in [9.17, 15) is 45.6 Å². The molecule has 97 heavy (non-hydrogen) atoms. The van der Waals surface area contributed by atoms with E-state index < -0.39 is 86.8 Å². The first-order valence-corrected chi connectivity index (χ1v) is 41.7. The lowest BCUT2D eigenvalue weighted by molar-refractivity contribution is -0.359. The predicted octanol–water partition coefficient (Wildman–Crippen LogP) is 19.2. The highest BCUT2D eigenvalue weighted by atomic mass is 16.7. The quantitative estimate of drug-likeness (QED) is 0.0204. The fourth-order valence-electron chi connectivity index (χ4n) is 14.0. The van der Waals surface area contributed by atoms with E-state index in [0.29, 0.717) is 12.8 Å². The number of amides is 1. The van der Waals surface area contributed by atoms with E-state index in [1.54, 1.807) is 6.08 Å². The average Bonchev–Trinajstić information content (AvgIpc) is 0.793. The van der Waals surface area contributed by atoms with Crippen LogP contribution in [0, 0.1) is 0 Å². The Morgan fingerprint density at radius 1 is 0.361 bits per heavy atom. The molecule has 9 N–H and O–H groups in total. The van der Waals surface area contributed by atoms with Gasteiger partial charge in [-0.05, 0) is 44.9 Å². The van der Waals surface area contributed by atoms with E-state index in [-0.39, 0.29) is 18.9 Å². The molecule has 14 heteroatoms. The summed E-state index contributed by atoms with van der Waals surface area (Å²) in [6, 6.07) is -0.938. The molecule has 0 radical (unpaired) electrons. The van der Waals surface area contributed by atoms with Crippen LogP contribution in [-0.2, 0) is 23.7 Å². The van der Waals surface area contributed by atoms with Crippen LogP contribution in [0.1, 0.15) is 393 Å². The van der Waals surface area contributed by atoms with E-state index in [4.69, 9.17) is 18.9 Å². The maximum atomic E-state index is 13.4. The van der Waals surface area contributed by atoms with Gasteiger partial charge in [-0.25, -0.2) is 0 Å². The largest absolute Gasteiger partial charge is 0.394 e. The summed E-state index contributed by atoms with van der Waals surface area (Å²) in [5, 5.41) is 87.6. The van der Waals surface area contributed by atoms with Gasteiger partial charge in [0, 0.05) is 6.42 Å². The van der Waals surface area contributed by atoms with Crippen molar-refractivity contribution in [3.05, 3.63) is 36.5 Å². The molecule has 0 aromatic carbocycles. The summed E-state index contributed by atoms with van der Waals surface area (Å²) in [7, 11) is 0. The molecule has 0 aliphatic carbocycles. The molecule has 0 aromatic heterocycles. The molecule has 0 spiro atoms. The van der Waals surface area contributed by atoms with Gasteiger partial charge in [-0.1, -0.05) is 378 Å². The summed E-state index contributed by atoms with van der Waals surface area (Å²) in [4.78, 5) is 13.4. The molecule has 2 heterocycles. The van der Waals surface area contributed by atoms with Crippen molar-refractivity contribution < 1.29 is 64.6 Å². The topological polar surface area (TPSA) is 228 Å². The smallest absolute Gasteiger partial charge is 0.220 e. The number of hydrogen-bond donors (Lipinski definition) is 9. The van der Waals surface area contributed by atoms with E-state index in [1.807, 2.05) is 6.08 Å². The van der Waals surface area contributed by atoms with Crippen molar-refractivity contribution in [1.29, 1.82) is 0 Å². The zero-order valence-corrected chi connectivity index (χ0v) is 62.9. The Morgan fingerprint density at radius 2 is 0.660 bits per heavy atom. The highest BCUT2D eigenvalue weighted by molar-refractivity contribution is 5.76. The number of aliphatic hydroxyl groups excluding tert-OH is 8. The lowest BCUT2D eigenvalue weighted by Gasteiger charge is -2.46. The standard InChI is InChI=1S/C83H157NO13/c1-3-5-7-9-11-13-15-17-19-21-23-25-27-28-29-30-31-32-33-34-35-36-37-38-39-40-41-42-43-44-45-47-49-51-53-55-57-59-61-63-65-67-75(88)84-71(70-94-82-80(93)78(91)81(74(69-86)96-82)97-83-79(92)77(90)76(89)73(68-85)95-83)72(87)66-64-62-60-58-56-54-52-50-48-46-26-24-22-20-18-16-14-12-10-8-6-4-2/h48,50,56,58,64,66,71-74,76-83,85-87,89-93H,3-47,49,51-55,57,59-63,65,67-70H2,1-2H3,(H,84,88)/b50-48+,58-56+,66-64+. The molecule has 1 amide bonds. The van der Waals surface area contributed by atoms with Gasteiger partial charge in [-0.2, -0.15) is 0 Å². The van der Waals surface area contributed by atoms with Crippen molar-refractivity contribution in [2.24, 2.45) is 0 Å². The fourth-order valence-corrected chi connectivity index (χ4v) is 14.0. The third-order valence-electron chi connectivity index (χ3n) is 20.6. The number of hydrogen-bond acceptors (Lipinski definition) is 13. The summed E-state index contributed by atoms with van der Waals surface area (Å²) in [5.41, 5.74) is 0. The van der Waals surface area contributed by atoms with E-state index in [0.717, 1.165) is 44.9 Å². The number of aliphatic hydroxyl groups is 8. The van der Waals surface area contributed by atoms with Gasteiger partial charge >= 0.3 is 0 Å². The van der Waals surface area contributed by atoms with Gasteiger partial charge in [0.15, 0.2) is 12.6 Å². The van der Waals surface area contributed by atoms with Crippen molar-refractivity contribution in [1.82, 2.24) is 5.32 Å². The Balaban J connectivity index is 1.56. The van der Waals surface area contributed by atoms with Gasteiger partial charge in [0.1, 0.15) is 48.8 Å². The highest BCUT2D eigenvalue weighted by Crippen LogP contribution is 2.30. The first-order chi connectivity index (χ1) is 47.6. The van der Waals surface area contributed by atoms with Crippen LogP contribution in [0.3, 0.4) is 0 Å². The third-order valence-corrected chi connectivity index (χ3v) is 20.6. The number of rotatable bonds is 71. The minimum Gasteiger partial charge on any atom is -0.394 e. The molecule has 0 aromatic rings. The van der Waals surface area contributed by atoms with Crippen molar-refractivity contribution in [2.75, 3.05) is 19.8 Å². The second-order valence-corrected chi connectivity index (χ2v) is 29.6. The van der Waals surface area contributed by atoms with Crippen LogP contribution in [0.4, 0.5) is 0 Å². The van der Waals surface area contributed by atoms with Crippen molar-refractivity contribution >= 4 is 5.91 Å². The van der Waals surface area contributed by atoms with Gasteiger partial charge in [0.25, 0.3) is 0 Å². The summed E-state index contributed by atoms with van der Waals surface area (Å²) in [5.74, 6) is -0.245. The summed E-state index contributed by atoms with van der Waals surface area (Å²) in [6.45, 7) is 2.84. The Kier molecular flexibility index (Phi) is 63.4. The van der Waals surface area contributed by atoms with Gasteiger partial charge in [-0.3, -0.25) is 4.79 Å². The minimum absolute atomic E-state index is 0.245. The number of allylic oxidation sites excluding steroid dienone is 5. The number of unbranched alkanes of at least 4 members (excludes halogenated alkanes) is 54. The number of carbonyl (C=O) groups excluding carboxylic acids is 1. The van der Waals surface area contributed by atoms with Crippen molar-refractivity contribution in [3.8, 4) is 0 Å². The monoisotopic (exact) mass is 1380 g/mol. The highest BCUT2D eigenvalue weighted by Gasteiger charge is 2.51. The van der Waals surface area contributed by atoms with Crippen LogP contribution in [0.15, 0.2) is 36.5 Å². The van der Waals surface area contributed by atoms with E-state index >= 15 is 0 Å². The van der Waals surface area contributed by atoms with Crippen molar-refractivity contribution in [2.45, 2.75) is 466 Å². The first-order valence-electron chi connectivity index (χ1n) is 41.7. The molecular weight excluding hydrogens is 1220 g/mol. The SMILES string of the molecule is CCCCCCCCCCCCCC/C=C/CC/C=C/CC/C=C/C(O)C(COC1OC(CO)C(OC2OC(CO)C(O)C(O)C2O)C(O)C1O)NC(=O)CCCCCCCCCCCCCCCCCCCCCCCCCCCCCCCCCCCCCCCCCCC. The molecule has 12 unspecified atom stereocenters. The maximum Gasteiger partial charge on any atom is 0.220 e. The molecule has 14 nitrogen and oxygen atoms in total. The average molecular weight is 1380 g/mol. The fraction of sp³-hybridized carbons (Fsp3) is 0.916. The summed E-state index contributed by atoms with van der Waals surface area (Å²) < 4.78 is 22.9. The molecule has 12 atom stereocenters. The van der Waals surface area contributed by atoms with Crippen LogP contribution >= 0.6 is 0 Å². The molecule has 2 saturated heterocycles. The first kappa shape index (κ1) is 91.3. The van der Waals surface area contributed by atoms with Gasteiger partial charge in [-0.15, -0.1) is 0 Å². The Bertz CT molecular complexity index is 1770. The van der Waals surface area contributed by atoms with Gasteiger partial charge < -0.3 is 65.1 Å². The zero-order chi connectivity index (χ0) is 70.1. The third kappa shape index (κ3) is 50.3. The van der Waals surface area contributed by atoms with Crippen LogP contribution in [0.2, 0.25) is 0 Å². The summed E-state index contributed by atoms with van der Waals surface area (Å²) >= 11 is 0. The maximum absolute atomic E-state index is 13.4. The number of ether oxygens (including phenoxy) is 4. The lowest BCUT2D eigenvalue weighted by Crippen LogP contribution is -2.65. The number of nitrogens with one attached hydrogen (secondary N) is 1. The minimum atomic E-state index is -1.79. The number of carbonyl (C=O) groups is 1.